The molecule has 1 N–H and O–H groups in total. The molecule has 0 unspecified atom stereocenters. The van der Waals surface area contributed by atoms with Crippen LogP contribution in [0.5, 0.6) is 0 Å². The van der Waals surface area contributed by atoms with E-state index >= 15 is 0 Å². The summed E-state index contributed by atoms with van der Waals surface area (Å²) in [6.45, 7) is 0. The molecule has 0 atom stereocenters. The van der Waals surface area contributed by atoms with Gasteiger partial charge in [-0.25, -0.2) is 4.79 Å². The maximum atomic E-state index is 11.6. The van der Waals surface area contributed by atoms with Crippen LogP contribution in [-0.4, -0.2) is 17.4 Å². The summed E-state index contributed by atoms with van der Waals surface area (Å²) in [5.41, 5.74) is 0.813. The fraction of sp³-hybridized carbons (Fsp3) is 0. The normalized spacial score (nSPS) is 10.4. The number of hydrogen-bond acceptors (Lipinski definition) is 4. The second-order valence-electron chi connectivity index (χ2n) is 4.75. The Hall–Kier alpha value is -2.79. The molecule has 0 bridgehead atoms. The van der Waals surface area contributed by atoms with E-state index in [0.29, 0.717) is 22.5 Å². The molecular weight excluding hydrogens is 312 g/mol. The predicted octanol–water partition coefficient (Wildman–Crippen LogP) is 4.61. The lowest BCUT2D eigenvalue weighted by Crippen LogP contribution is -1.99. The Kier molecular flexibility index (Phi) is 4.30. The zero-order chi connectivity index (χ0) is 16.2. The smallest absolute Gasteiger partial charge is 0.336 e. The van der Waals surface area contributed by atoms with Gasteiger partial charge in [-0.1, -0.05) is 36.0 Å². The van der Waals surface area contributed by atoms with Crippen molar-refractivity contribution < 1.29 is 19.1 Å². The second-order valence-corrected chi connectivity index (χ2v) is 5.87. The number of carboxylic acids is 1. The number of carboxylic acid groups (broad SMARTS) is 1. The Balaban J connectivity index is 1.98. The number of hydrogen-bond donors (Lipinski definition) is 1. The fourth-order valence-electron chi connectivity index (χ4n) is 2.13. The molecule has 0 radical (unpaired) electrons. The van der Waals surface area contributed by atoms with Crippen molar-refractivity contribution in [1.82, 2.24) is 0 Å². The predicted molar refractivity (Wildman–Crippen MR) is 87.1 cm³/mol. The lowest BCUT2D eigenvalue weighted by Gasteiger charge is -2.07. The molecule has 4 nitrogen and oxygen atoms in total. The van der Waals surface area contributed by atoms with E-state index in [-0.39, 0.29) is 11.3 Å². The molecule has 1 aromatic heterocycles. The number of aldehydes is 1. The summed E-state index contributed by atoms with van der Waals surface area (Å²) >= 11 is 1.39. The van der Waals surface area contributed by atoms with E-state index in [1.807, 2.05) is 30.3 Å². The van der Waals surface area contributed by atoms with Gasteiger partial charge < -0.3 is 9.52 Å². The first-order valence-corrected chi connectivity index (χ1v) is 7.64. The molecule has 5 heteroatoms. The van der Waals surface area contributed by atoms with Gasteiger partial charge >= 0.3 is 5.97 Å². The van der Waals surface area contributed by atoms with E-state index in [1.165, 1.54) is 11.8 Å². The third-order valence-electron chi connectivity index (χ3n) is 3.21. The van der Waals surface area contributed by atoms with Crippen LogP contribution in [0.3, 0.4) is 0 Å². The number of aromatic carboxylic acids is 1. The van der Waals surface area contributed by atoms with E-state index in [0.717, 1.165) is 4.90 Å². The number of benzene rings is 2. The second kappa shape index (κ2) is 6.54. The van der Waals surface area contributed by atoms with E-state index in [1.54, 1.807) is 30.3 Å². The Morgan fingerprint density at radius 2 is 1.83 bits per heavy atom. The largest absolute Gasteiger partial charge is 0.478 e. The van der Waals surface area contributed by atoms with Crippen LogP contribution < -0.4 is 0 Å². The molecule has 0 saturated heterocycles. The molecule has 1 heterocycles. The van der Waals surface area contributed by atoms with Crippen molar-refractivity contribution >= 4 is 24.0 Å². The minimum absolute atomic E-state index is 0.195. The minimum Gasteiger partial charge on any atom is -0.478 e. The number of carbonyl (C=O) groups excluding carboxylic acids is 1. The van der Waals surface area contributed by atoms with Crippen molar-refractivity contribution in [1.29, 1.82) is 0 Å². The molecule has 0 spiro atoms. The molecule has 0 saturated carbocycles. The van der Waals surface area contributed by atoms with E-state index in [9.17, 15) is 14.7 Å². The first-order chi connectivity index (χ1) is 11.2. The number of rotatable bonds is 5. The first-order valence-electron chi connectivity index (χ1n) is 6.83. The molecular formula is C18H12O4S. The molecule has 3 aromatic rings. The topological polar surface area (TPSA) is 67.5 Å². The van der Waals surface area contributed by atoms with Crippen molar-refractivity contribution in [2.75, 3.05) is 0 Å². The van der Waals surface area contributed by atoms with Gasteiger partial charge in [0, 0.05) is 15.4 Å². The molecule has 23 heavy (non-hydrogen) atoms. The van der Waals surface area contributed by atoms with Gasteiger partial charge in [0.05, 0.1) is 5.56 Å². The maximum absolute atomic E-state index is 11.6. The lowest BCUT2D eigenvalue weighted by molar-refractivity contribution is 0.0693. The van der Waals surface area contributed by atoms with Crippen LogP contribution in [0.2, 0.25) is 0 Å². The van der Waals surface area contributed by atoms with Crippen LogP contribution in [0.25, 0.3) is 11.3 Å². The van der Waals surface area contributed by atoms with Gasteiger partial charge in [0.1, 0.15) is 5.76 Å². The molecule has 0 aliphatic carbocycles. The van der Waals surface area contributed by atoms with Crippen molar-refractivity contribution in [3.8, 4) is 11.3 Å². The van der Waals surface area contributed by atoms with E-state index in [4.69, 9.17) is 4.42 Å². The molecule has 114 valence electrons. The standard InChI is InChI=1S/C18H12O4S/c19-11-13-7-8-16(22-13)12-6-9-17(15(10-12)18(20)21)23-14-4-2-1-3-5-14/h1-11H,(H,20,21). The summed E-state index contributed by atoms with van der Waals surface area (Å²) in [5.74, 6) is -0.335. The van der Waals surface area contributed by atoms with Crippen molar-refractivity contribution in [3.63, 3.8) is 0 Å². The third kappa shape index (κ3) is 3.35. The van der Waals surface area contributed by atoms with Crippen molar-refractivity contribution in [2.45, 2.75) is 9.79 Å². The van der Waals surface area contributed by atoms with Crippen LogP contribution >= 0.6 is 11.8 Å². The lowest BCUT2D eigenvalue weighted by atomic mass is 10.1. The zero-order valence-corrected chi connectivity index (χ0v) is 12.7. The van der Waals surface area contributed by atoms with Gasteiger partial charge in [0.15, 0.2) is 12.0 Å². The third-order valence-corrected chi connectivity index (χ3v) is 4.29. The fourth-order valence-corrected chi connectivity index (χ4v) is 3.07. The van der Waals surface area contributed by atoms with Crippen LogP contribution in [0, 0.1) is 0 Å². The highest BCUT2D eigenvalue weighted by molar-refractivity contribution is 7.99. The molecule has 0 amide bonds. The highest BCUT2D eigenvalue weighted by Gasteiger charge is 2.14. The van der Waals surface area contributed by atoms with Gasteiger partial charge in [0.2, 0.25) is 0 Å². The summed E-state index contributed by atoms with van der Waals surface area (Å²) in [6, 6.07) is 17.9. The van der Waals surface area contributed by atoms with Gasteiger partial charge in [-0.2, -0.15) is 0 Å². The summed E-state index contributed by atoms with van der Waals surface area (Å²) in [4.78, 5) is 23.9. The van der Waals surface area contributed by atoms with Crippen LogP contribution in [0.4, 0.5) is 0 Å². The average molecular weight is 324 g/mol. The van der Waals surface area contributed by atoms with Gasteiger partial charge in [-0.3, -0.25) is 4.79 Å². The molecule has 0 aliphatic rings. The Labute approximate surface area is 136 Å². The molecule has 2 aromatic carbocycles. The van der Waals surface area contributed by atoms with Gasteiger partial charge in [0.25, 0.3) is 0 Å². The Morgan fingerprint density at radius 3 is 2.48 bits per heavy atom. The number of furan rings is 1. The van der Waals surface area contributed by atoms with Crippen LogP contribution in [0.1, 0.15) is 20.9 Å². The van der Waals surface area contributed by atoms with E-state index in [2.05, 4.69) is 0 Å². The van der Waals surface area contributed by atoms with Crippen LogP contribution in [-0.2, 0) is 0 Å². The summed E-state index contributed by atoms with van der Waals surface area (Å²) in [5, 5.41) is 9.47. The maximum Gasteiger partial charge on any atom is 0.336 e. The molecule has 3 rings (SSSR count). The summed E-state index contributed by atoms with van der Waals surface area (Å²) in [6.07, 6.45) is 0.612. The van der Waals surface area contributed by atoms with Crippen molar-refractivity contribution in [2.24, 2.45) is 0 Å². The minimum atomic E-state index is -1.01. The quantitative estimate of drug-likeness (QED) is 0.694. The van der Waals surface area contributed by atoms with Crippen molar-refractivity contribution in [3.05, 3.63) is 72.0 Å². The molecule has 0 fully saturated rings. The Morgan fingerprint density at radius 1 is 1.04 bits per heavy atom. The van der Waals surface area contributed by atoms with Crippen LogP contribution in [0.15, 0.2) is 74.9 Å². The number of carbonyl (C=O) groups is 2. The first kappa shape index (κ1) is 15.1. The summed E-state index contributed by atoms with van der Waals surface area (Å²) in [7, 11) is 0. The molecule has 0 aliphatic heterocycles. The summed E-state index contributed by atoms with van der Waals surface area (Å²) < 4.78 is 5.34. The Bertz CT molecular complexity index is 852. The highest BCUT2D eigenvalue weighted by atomic mass is 32.2. The monoisotopic (exact) mass is 324 g/mol. The average Bonchev–Trinajstić information content (AvgIpc) is 3.05. The van der Waals surface area contributed by atoms with Gasteiger partial charge in [-0.15, -0.1) is 0 Å². The zero-order valence-electron chi connectivity index (χ0n) is 11.9. The highest BCUT2D eigenvalue weighted by Crippen LogP contribution is 2.33. The van der Waals surface area contributed by atoms with Gasteiger partial charge in [-0.05, 0) is 36.4 Å². The van der Waals surface area contributed by atoms with E-state index < -0.39 is 5.97 Å². The SMILES string of the molecule is O=Cc1ccc(-c2ccc(Sc3ccccc3)c(C(=O)O)c2)o1.